The van der Waals surface area contributed by atoms with Crippen LogP contribution in [-0.2, 0) is 5.75 Å². The molecule has 0 fully saturated rings. The van der Waals surface area contributed by atoms with E-state index in [-0.39, 0.29) is 0 Å². The molecule has 0 atom stereocenters. The van der Waals surface area contributed by atoms with Crippen LogP contribution in [-0.4, -0.2) is 17.3 Å². The second-order valence-corrected chi connectivity index (χ2v) is 6.66. The van der Waals surface area contributed by atoms with Crippen LogP contribution in [0.3, 0.4) is 0 Å². The van der Waals surface area contributed by atoms with E-state index in [4.69, 9.17) is 4.74 Å². The zero-order valence-corrected chi connectivity index (χ0v) is 12.5. The molecule has 0 spiro atoms. The minimum atomic E-state index is 0.649. The Morgan fingerprint density at radius 2 is 2.00 bits per heavy atom. The van der Waals surface area contributed by atoms with E-state index in [0.29, 0.717) is 5.25 Å². The van der Waals surface area contributed by atoms with Gasteiger partial charge in [-0.3, -0.25) is 0 Å². The maximum atomic E-state index is 5.15. The lowest BCUT2D eigenvalue weighted by Crippen LogP contribution is -1.89. The molecule has 0 radical (unpaired) electrons. The highest BCUT2D eigenvalue weighted by Crippen LogP contribution is 2.27. The van der Waals surface area contributed by atoms with Gasteiger partial charge in [-0.15, -0.1) is 11.3 Å². The third-order valence-corrected chi connectivity index (χ3v) is 4.52. The van der Waals surface area contributed by atoms with Crippen molar-refractivity contribution in [3.05, 3.63) is 35.3 Å². The molecule has 0 N–H and O–H groups in total. The molecule has 96 valence electrons. The van der Waals surface area contributed by atoms with Gasteiger partial charge < -0.3 is 4.74 Å². The summed E-state index contributed by atoms with van der Waals surface area (Å²) in [5.41, 5.74) is 2.33. The van der Waals surface area contributed by atoms with Gasteiger partial charge in [-0.25, -0.2) is 4.98 Å². The molecule has 0 saturated carbocycles. The van der Waals surface area contributed by atoms with Crippen LogP contribution in [0, 0.1) is 0 Å². The Morgan fingerprint density at radius 3 is 2.61 bits per heavy atom. The Morgan fingerprint density at radius 1 is 1.28 bits per heavy atom. The van der Waals surface area contributed by atoms with Gasteiger partial charge in [-0.2, -0.15) is 11.8 Å². The second-order valence-electron chi connectivity index (χ2n) is 4.23. The third kappa shape index (κ3) is 3.50. The number of benzene rings is 1. The molecule has 0 bridgehead atoms. The summed E-state index contributed by atoms with van der Waals surface area (Å²) in [5, 5.41) is 3.88. The fourth-order valence-corrected chi connectivity index (χ4v) is 3.07. The molecule has 2 aromatic rings. The molecular formula is C14H17NOS2. The molecule has 18 heavy (non-hydrogen) atoms. The maximum Gasteiger partial charge on any atom is 0.123 e. The van der Waals surface area contributed by atoms with E-state index in [1.54, 1.807) is 18.4 Å². The summed E-state index contributed by atoms with van der Waals surface area (Å²) in [6.07, 6.45) is 0. The molecule has 0 saturated heterocycles. The summed E-state index contributed by atoms with van der Waals surface area (Å²) in [5.74, 6) is 1.87. The number of thioether (sulfide) groups is 1. The van der Waals surface area contributed by atoms with Crippen molar-refractivity contribution in [2.45, 2.75) is 24.9 Å². The van der Waals surface area contributed by atoms with Gasteiger partial charge in [0, 0.05) is 16.7 Å². The fourth-order valence-electron chi connectivity index (χ4n) is 1.49. The number of hydrogen-bond donors (Lipinski definition) is 0. The second kappa shape index (κ2) is 6.25. The van der Waals surface area contributed by atoms with Crippen LogP contribution < -0.4 is 4.74 Å². The smallest absolute Gasteiger partial charge is 0.123 e. The topological polar surface area (TPSA) is 22.1 Å². The summed E-state index contributed by atoms with van der Waals surface area (Å²) >= 11 is 3.63. The van der Waals surface area contributed by atoms with Crippen molar-refractivity contribution < 1.29 is 4.74 Å². The standard InChI is InChI=1S/C14H17NOS2/c1-10(2)17-8-12-9-18-14(15-12)11-4-6-13(16-3)7-5-11/h4-7,9-10H,8H2,1-3H3. The Labute approximate surface area is 116 Å². The normalized spacial score (nSPS) is 10.9. The average molecular weight is 279 g/mol. The number of nitrogens with zero attached hydrogens (tertiary/aromatic N) is 1. The molecular weight excluding hydrogens is 262 g/mol. The first kappa shape index (κ1) is 13.4. The van der Waals surface area contributed by atoms with Crippen LogP contribution in [0.2, 0.25) is 0 Å². The van der Waals surface area contributed by atoms with Crippen molar-refractivity contribution in [1.29, 1.82) is 0 Å². The van der Waals surface area contributed by atoms with Gasteiger partial charge in [-0.05, 0) is 29.5 Å². The first-order valence-corrected chi connectivity index (χ1v) is 7.82. The van der Waals surface area contributed by atoms with Gasteiger partial charge in [0.1, 0.15) is 10.8 Å². The number of rotatable bonds is 5. The highest BCUT2D eigenvalue weighted by Gasteiger charge is 2.06. The molecule has 0 aliphatic carbocycles. The lowest BCUT2D eigenvalue weighted by molar-refractivity contribution is 0.415. The summed E-state index contributed by atoms with van der Waals surface area (Å²) < 4.78 is 5.15. The molecule has 0 aliphatic rings. The summed E-state index contributed by atoms with van der Waals surface area (Å²) in [6, 6.07) is 8.05. The van der Waals surface area contributed by atoms with E-state index >= 15 is 0 Å². The number of aromatic nitrogens is 1. The first-order chi connectivity index (χ1) is 8.69. The largest absolute Gasteiger partial charge is 0.497 e. The summed E-state index contributed by atoms with van der Waals surface area (Å²) in [6.45, 7) is 4.42. The molecule has 2 nitrogen and oxygen atoms in total. The van der Waals surface area contributed by atoms with E-state index < -0.39 is 0 Å². The van der Waals surface area contributed by atoms with E-state index in [2.05, 4.69) is 36.3 Å². The molecule has 0 aliphatic heterocycles. The Hall–Kier alpha value is -1.00. The number of methoxy groups -OCH3 is 1. The van der Waals surface area contributed by atoms with E-state index in [9.17, 15) is 0 Å². The van der Waals surface area contributed by atoms with E-state index in [1.807, 2.05) is 23.9 Å². The zero-order valence-electron chi connectivity index (χ0n) is 10.8. The number of ether oxygens (including phenoxy) is 1. The van der Waals surface area contributed by atoms with Crippen molar-refractivity contribution in [2.75, 3.05) is 7.11 Å². The van der Waals surface area contributed by atoms with Gasteiger partial charge in [0.15, 0.2) is 0 Å². The van der Waals surface area contributed by atoms with Gasteiger partial charge in [0.2, 0.25) is 0 Å². The Balaban J connectivity index is 2.08. The van der Waals surface area contributed by atoms with E-state index in [0.717, 1.165) is 22.1 Å². The maximum absolute atomic E-state index is 5.15. The van der Waals surface area contributed by atoms with Crippen LogP contribution in [0.25, 0.3) is 10.6 Å². The van der Waals surface area contributed by atoms with Crippen molar-refractivity contribution >= 4 is 23.1 Å². The fraction of sp³-hybridized carbons (Fsp3) is 0.357. The first-order valence-electron chi connectivity index (χ1n) is 5.89. The zero-order chi connectivity index (χ0) is 13.0. The Bertz CT molecular complexity index is 491. The summed E-state index contributed by atoms with van der Waals surface area (Å²) in [7, 11) is 1.68. The van der Waals surface area contributed by atoms with Crippen LogP contribution >= 0.6 is 23.1 Å². The highest BCUT2D eigenvalue weighted by atomic mass is 32.2. The SMILES string of the molecule is COc1ccc(-c2nc(CSC(C)C)cs2)cc1. The minimum absolute atomic E-state index is 0.649. The van der Waals surface area contributed by atoms with Gasteiger partial charge in [-0.1, -0.05) is 13.8 Å². The molecule has 0 amide bonds. The number of thiazole rings is 1. The van der Waals surface area contributed by atoms with Crippen LogP contribution in [0.15, 0.2) is 29.6 Å². The predicted molar refractivity (Wildman–Crippen MR) is 80.5 cm³/mol. The van der Waals surface area contributed by atoms with Crippen molar-refractivity contribution in [1.82, 2.24) is 4.98 Å². The molecule has 1 heterocycles. The lowest BCUT2D eigenvalue weighted by Gasteiger charge is -2.01. The highest BCUT2D eigenvalue weighted by molar-refractivity contribution is 7.99. The molecule has 4 heteroatoms. The van der Waals surface area contributed by atoms with Crippen molar-refractivity contribution in [2.24, 2.45) is 0 Å². The average Bonchev–Trinajstić information content (AvgIpc) is 2.85. The van der Waals surface area contributed by atoms with Crippen LogP contribution in [0.1, 0.15) is 19.5 Å². The third-order valence-electron chi connectivity index (χ3n) is 2.45. The predicted octanol–water partition coefficient (Wildman–Crippen LogP) is 4.46. The van der Waals surface area contributed by atoms with Gasteiger partial charge >= 0.3 is 0 Å². The molecule has 0 unspecified atom stereocenters. The van der Waals surface area contributed by atoms with Crippen molar-refractivity contribution in [3.8, 4) is 16.3 Å². The summed E-state index contributed by atoms with van der Waals surface area (Å²) in [4.78, 5) is 4.66. The molecule has 1 aromatic carbocycles. The van der Waals surface area contributed by atoms with Gasteiger partial charge in [0.25, 0.3) is 0 Å². The lowest BCUT2D eigenvalue weighted by atomic mass is 10.2. The monoisotopic (exact) mass is 279 g/mol. The minimum Gasteiger partial charge on any atom is -0.497 e. The van der Waals surface area contributed by atoms with E-state index in [1.165, 1.54) is 5.69 Å². The molecule has 2 rings (SSSR count). The van der Waals surface area contributed by atoms with Crippen LogP contribution in [0.5, 0.6) is 5.75 Å². The van der Waals surface area contributed by atoms with Crippen LogP contribution in [0.4, 0.5) is 0 Å². The Kier molecular flexibility index (Phi) is 4.66. The molecule has 1 aromatic heterocycles. The number of hydrogen-bond acceptors (Lipinski definition) is 4. The quantitative estimate of drug-likeness (QED) is 0.806. The van der Waals surface area contributed by atoms with Gasteiger partial charge in [0.05, 0.1) is 12.8 Å². The van der Waals surface area contributed by atoms with Crippen molar-refractivity contribution in [3.63, 3.8) is 0 Å².